The monoisotopic (exact) mass is 479 g/mol. The predicted molar refractivity (Wildman–Crippen MR) is 128 cm³/mol. The Balaban J connectivity index is 0.000000323. The molecule has 7 nitrogen and oxygen atoms in total. The number of benzene rings is 1. The van der Waals surface area contributed by atoms with E-state index in [4.69, 9.17) is 10.5 Å². The second kappa shape index (κ2) is 13.8. The van der Waals surface area contributed by atoms with E-state index in [1.165, 1.54) is 17.4 Å². The number of carbonyl (C=O) groups excluding carboxylic acids is 1. The molecule has 10 heteroatoms. The van der Waals surface area contributed by atoms with Crippen molar-refractivity contribution < 1.29 is 18.3 Å². The van der Waals surface area contributed by atoms with Crippen molar-refractivity contribution in [2.45, 2.75) is 38.6 Å². The molecule has 1 atom stereocenters. The Kier molecular flexibility index (Phi) is 11.1. The zero-order valence-corrected chi connectivity index (χ0v) is 20.0. The Bertz CT molecular complexity index is 1000. The van der Waals surface area contributed by atoms with E-state index in [1.807, 2.05) is 6.92 Å². The number of anilines is 1. The highest BCUT2D eigenvalue weighted by Gasteiger charge is 2.15. The lowest BCUT2D eigenvalue weighted by Crippen LogP contribution is -2.19. The molecular weight excluding hydrogens is 448 g/mol. The lowest BCUT2D eigenvalue weighted by atomic mass is 10.1. The summed E-state index contributed by atoms with van der Waals surface area (Å²) in [5.41, 5.74) is 7.95. The molecule has 3 aromatic rings. The van der Waals surface area contributed by atoms with Crippen molar-refractivity contribution in [2.24, 2.45) is 12.8 Å². The maximum absolute atomic E-state index is 14.0. The number of aromatic nitrogens is 3. The fourth-order valence-corrected chi connectivity index (χ4v) is 3.89. The lowest BCUT2D eigenvalue weighted by Gasteiger charge is -2.02. The fraction of sp³-hybridized carbons (Fsp3) is 0.435. The summed E-state index contributed by atoms with van der Waals surface area (Å²) in [6.07, 6.45) is 7.37. The van der Waals surface area contributed by atoms with Crippen LogP contribution in [0.15, 0.2) is 36.0 Å². The van der Waals surface area contributed by atoms with Crippen LogP contribution in [0.4, 0.5) is 14.5 Å². The van der Waals surface area contributed by atoms with Gasteiger partial charge in [0.05, 0.1) is 19.1 Å². The standard InChI is InChI=1S/C16H15FN4OS.C6H13NO.CH3F/c1-3-10-4-5-13(17)12(6-10)16-20-14(9-23-16)15(22)19-11-7-18-21(2)8-11;7-6-2-1-4-8-5-3-6;1-2/h4-9H,3H2,1-2H3,(H,19,22);6H,1-5,7H2;1H3. The van der Waals surface area contributed by atoms with Crippen molar-refractivity contribution >= 4 is 22.9 Å². The summed E-state index contributed by atoms with van der Waals surface area (Å²) in [6.45, 7) is 3.78. The van der Waals surface area contributed by atoms with Crippen LogP contribution in [0, 0.1) is 5.82 Å². The number of aryl methyl sites for hydroxylation is 2. The molecule has 0 bridgehead atoms. The van der Waals surface area contributed by atoms with Crippen molar-refractivity contribution in [3.63, 3.8) is 0 Å². The van der Waals surface area contributed by atoms with Crippen LogP contribution in [-0.2, 0) is 18.2 Å². The first kappa shape index (κ1) is 26.6. The molecule has 4 rings (SSSR count). The van der Waals surface area contributed by atoms with Gasteiger partial charge in [0.2, 0.25) is 0 Å². The first-order valence-corrected chi connectivity index (χ1v) is 11.6. The highest BCUT2D eigenvalue weighted by atomic mass is 32.1. The summed E-state index contributed by atoms with van der Waals surface area (Å²) in [5.74, 6) is -0.677. The third-order valence-electron chi connectivity index (χ3n) is 4.87. The summed E-state index contributed by atoms with van der Waals surface area (Å²) in [5, 5.41) is 8.81. The third-order valence-corrected chi connectivity index (χ3v) is 5.74. The number of nitrogens with zero attached hydrogens (tertiary/aromatic N) is 3. The minimum absolute atomic E-state index is 0.259. The summed E-state index contributed by atoms with van der Waals surface area (Å²) in [6, 6.07) is 5.36. The number of amides is 1. The Labute approximate surface area is 197 Å². The van der Waals surface area contributed by atoms with Crippen LogP contribution >= 0.6 is 11.3 Å². The maximum Gasteiger partial charge on any atom is 0.275 e. The number of hydrogen-bond donors (Lipinski definition) is 2. The van der Waals surface area contributed by atoms with Crippen molar-refractivity contribution in [1.82, 2.24) is 14.8 Å². The van der Waals surface area contributed by atoms with Gasteiger partial charge in [-0.15, -0.1) is 11.3 Å². The van der Waals surface area contributed by atoms with Crippen LogP contribution in [0.5, 0.6) is 0 Å². The van der Waals surface area contributed by atoms with Gasteiger partial charge >= 0.3 is 0 Å². The summed E-state index contributed by atoms with van der Waals surface area (Å²) in [4.78, 5) is 16.4. The average Bonchev–Trinajstić information content (AvgIpc) is 3.40. The van der Waals surface area contributed by atoms with E-state index in [0.29, 0.717) is 29.5 Å². The second-order valence-corrected chi connectivity index (χ2v) is 8.22. The Hall–Kier alpha value is -2.69. The van der Waals surface area contributed by atoms with Gasteiger partial charge in [-0.25, -0.2) is 9.37 Å². The van der Waals surface area contributed by atoms with Crippen molar-refractivity contribution in [3.8, 4) is 10.6 Å². The zero-order chi connectivity index (χ0) is 24.2. The molecule has 0 aliphatic carbocycles. The molecule has 0 radical (unpaired) electrons. The summed E-state index contributed by atoms with van der Waals surface area (Å²) >= 11 is 1.25. The molecule has 33 heavy (non-hydrogen) atoms. The third kappa shape index (κ3) is 8.30. The molecule has 1 unspecified atom stereocenters. The smallest absolute Gasteiger partial charge is 0.275 e. The molecule has 1 aliphatic heterocycles. The first-order chi connectivity index (χ1) is 16.0. The van der Waals surface area contributed by atoms with E-state index in [1.54, 1.807) is 41.6 Å². The quantitative estimate of drug-likeness (QED) is 0.570. The number of rotatable bonds is 4. The minimum atomic E-state index is -0.340. The molecule has 3 heterocycles. The van der Waals surface area contributed by atoms with Gasteiger partial charge < -0.3 is 15.8 Å². The van der Waals surface area contributed by atoms with E-state index < -0.39 is 0 Å². The molecule has 1 aromatic carbocycles. The SMILES string of the molecule is CCc1ccc(F)c(-c2nc(C(=O)Nc3cnn(C)c3)cs2)c1.CF.NC1CCCOCC1. The van der Waals surface area contributed by atoms with Gasteiger partial charge in [-0.1, -0.05) is 13.0 Å². The van der Waals surface area contributed by atoms with Gasteiger partial charge in [0, 0.05) is 43.4 Å². The van der Waals surface area contributed by atoms with Gasteiger partial charge in [0.25, 0.3) is 5.91 Å². The van der Waals surface area contributed by atoms with Gasteiger partial charge in [-0.05, 0) is 43.4 Å². The van der Waals surface area contributed by atoms with Crippen LogP contribution < -0.4 is 11.1 Å². The molecule has 1 aliphatic rings. The number of ether oxygens (including phenoxy) is 1. The molecular formula is C23H31F2N5O2S. The number of carbonyl (C=O) groups is 1. The number of thiazole rings is 1. The number of nitrogens with two attached hydrogens (primary N) is 1. The molecule has 2 aromatic heterocycles. The van der Waals surface area contributed by atoms with Gasteiger partial charge in [0.15, 0.2) is 0 Å². The van der Waals surface area contributed by atoms with Crippen molar-refractivity contribution in [1.29, 1.82) is 0 Å². The first-order valence-electron chi connectivity index (χ1n) is 10.7. The van der Waals surface area contributed by atoms with E-state index in [9.17, 15) is 13.6 Å². The van der Waals surface area contributed by atoms with Crippen molar-refractivity contribution in [3.05, 3.63) is 53.0 Å². The van der Waals surface area contributed by atoms with E-state index in [0.717, 1.165) is 44.5 Å². The second-order valence-electron chi connectivity index (χ2n) is 7.37. The summed E-state index contributed by atoms with van der Waals surface area (Å²) in [7, 11) is 2.26. The topological polar surface area (TPSA) is 95.1 Å². The molecule has 1 amide bonds. The molecule has 1 saturated heterocycles. The number of halogens is 2. The number of alkyl halides is 1. The van der Waals surface area contributed by atoms with Crippen LogP contribution in [-0.4, -0.2) is 47.1 Å². The largest absolute Gasteiger partial charge is 0.381 e. The van der Waals surface area contributed by atoms with E-state index in [2.05, 4.69) is 15.4 Å². The summed E-state index contributed by atoms with van der Waals surface area (Å²) < 4.78 is 30.3. The molecule has 3 N–H and O–H groups in total. The van der Waals surface area contributed by atoms with Crippen LogP contribution in [0.3, 0.4) is 0 Å². The van der Waals surface area contributed by atoms with Gasteiger partial charge in [-0.2, -0.15) is 5.10 Å². The number of hydrogen-bond acceptors (Lipinski definition) is 6. The van der Waals surface area contributed by atoms with Crippen LogP contribution in [0.2, 0.25) is 0 Å². The van der Waals surface area contributed by atoms with E-state index >= 15 is 0 Å². The maximum atomic E-state index is 14.0. The molecule has 0 spiro atoms. The van der Waals surface area contributed by atoms with Crippen LogP contribution in [0.1, 0.15) is 42.2 Å². The lowest BCUT2D eigenvalue weighted by molar-refractivity contribution is 0.102. The molecule has 0 saturated carbocycles. The highest BCUT2D eigenvalue weighted by molar-refractivity contribution is 7.13. The Morgan fingerprint density at radius 1 is 1.33 bits per heavy atom. The van der Waals surface area contributed by atoms with Gasteiger partial charge in [0.1, 0.15) is 16.5 Å². The molecule has 1 fully saturated rings. The van der Waals surface area contributed by atoms with E-state index in [-0.39, 0.29) is 17.4 Å². The van der Waals surface area contributed by atoms with Crippen LogP contribution in [0.25, 0.3) is 10.6 Å². The predicted octanol–water partition coefficient (Wildman–Crippen LogP) is 4.60. The van der Waals surface area contributed by atoms with Gasteiger partial charge in [-0.3, -0.25) is 13.9 Å². The van der Waals surface area contributed by atoms with Crippen molar-refractivity contribution in [2.75, 3.05) is 25.7 Å². The zero-order valence-electron chi connectivity index (χ0n) is 19.2. The molecule has 180 valence electrons. The normalized spacial score (nSPS) is 15.4. The Morgan fingerprint density at radius 2 is 2.12 bits per heavy atom. The minimum Gasteiger partial charge on any atom is -0.381 e. The number of nitrogens with one attached hydrogen (secondary N) is 1. The highest BCUT2D eigenvalue weighted by Crippen LogP contribution is 2.28. The Morgan fingerprint density at radius 3 is 2.82 bits per heavy atom. The fourth-order valence-electron chi connectivity index (χ4n) is 3.07. The average molecular weight is 480 g/mol.